The Bertz CT molecular complexity index is 835. The molecular formula is C24H29NO3. The zero-order chi connectivity index (χ0) is 19.7. The van der Waals surface area contributed by atoms with Gasteiger partial charge in [0, 0.05) is 12.5 Å². The molecule has 4 nitrogen and oxygen atoms in total. The number of carbonyl (C=O) groups excluding carboxylic acids is 1. The molecule has 0 spiro atoms. The molecule has 0 aromatic heterocycles. The molecule has 1 N–H and O–H groups in total. The van der Waals surface area contributed by atoms with Crippen molar-refractivity contribution >= 4 is 5.97 Å². The van der Waals surface area contributed by atoms with Crippen molar-refractivity contribution < 1.29 is 14.6 Å². The van der Waals surface area contributed by atoms with Gasteiger partial charge in [-0.25, -0.2) is 4.79 Å². The summed E-state index contributed by atoms with van der Waals surface area (Å²) < 4.78 is 5.60. The van der Waals surface area contributed by atoms with E-state index < -0.39 is 5.60 Å². The second-order valence-electron chi connectivity index (χ2n) is 8.72. The maximum Gasteiger partial charge on any atom is 0.343 e. The van der Waals surface area contributed by atoms with E-state index in [1.54, 1.807) is 18.2 Å². The topological polar surface area (TPSA) is 49.8 Å². The minimum absolute atomic E-state index is 0.196. The lowest BCUT2D eigenvalue weighted by Gasteiger charge is -2.45. The summed E-state index contributed by atoms with van der Waals surface area (Å²) in [4.78, 5) is 14.6. The van der Waals surface area contributed by atoms with Crippen LogP contribution in [0.5, 0.6) is 5.75 Å². The van der Waals surface area contributed by atoms with Gasteiger partial charge in [0.15, 0.2) is 0 Å². The van der Waals surface area contributed by atoms with E-state index in [1.165, 1.54) is 19.3 Å². The van der Waals surface area contributed by atoms with E-state index in [0.717, 1.165) is 18.5 Å². The Kier molecular flexibility index (Phi) is 5.26. The number of hydrogen-bond acceptors (Lipinski definition) is 4. The van der Waals surface area contributed by atoms with Gasteiger partial charge >= 0.3 is 5.97 Å². The van der Waals surface area contributed by atoms with Gasteiger partial charge in [0.2, 0.25) is 0 Å². The molecule has 2 bridgehead atoms. The quantitative estimate of drug-likeness (QED) is 0.628. The summed E-state index contributed by atoms with van der Waals surface area (Å²) in [5, 5.41) is 11.8. The van der Waals surface area contributed by atoms with E-state index in [2.05, 4.69) is 19.0 Å². The highest BCUT2D eigenvalue weighted by atomic mass is 16.5. The molecule has 0 heterocycles. The van der Waals surface area contributed by atoms with Crippen LogP contribution in [0.25, 0.3) is 0 Å². The third kappa shape index (κ3) is 3.71. The van der Waals surface area contributed by atoms with Crippen LogP contribution in [0.15, 0.2) is 54.6 Å². The Morgan fingerprint density at radius 2 is 1.93 bits per heavy atom. The van der Waals surface area contributed by atoms with Crippen molar-refractivity contribution in [3.05, 3.63) is 65.7 Å². The Balaban J connectivity index is 1.61. The number of aliphatic hydroxyl groups is 1. The fraction of sp³-hybridized carbons (Fsp3) is 0.458. The van der Waals surface area contributed by atoms with Crippen molar-refractivity contribution in [2.24, 2.45) is 17.8 Å². The molecule has 148 valence electrons. The number of carbonyl (C=O) groups is 1. The first-order valence-electron chi connectivity index (χ1n) is 10.2. The molecule has 2 aromatic carbocycles. The third-order valence-corrected chi connectivity index (χ3v) is 6.48. The fourth-order valence-electron chi connectivity index (χ4n) is 5.24. The second kappa shape index (κ2) is 7.69. The van der Waals surface area contributed by atoms with Gasteiger partial charge in [0.05, 0.1) is 11.2 Å². The SMILES string of the molecule is CN(C)CC1C2CCC(C2)CC1(O)c1cccc(OC(=O)c2ccccc2)c1. The van der Waals surface area contributed by atoms with Crippen LogP contribution in [-0.2, 0) is 5.60 Å². The number of rotatable bonds is 5. The minimum atomic E-state index is -0.872. The van der Waals surface area contributed by atoms with Crippen molar-refractivity contribution in [2.45, 2.75) is 31.3 Å². The molecule has 4 heteroatoms. The third-order valence-electron chi connectivity index (χ3n) is 6.48. The van der Waals surface area contributed by atoms with Crippen LogP contribution in [0.2, 0.25) is 0 Å². The number of nitrogens with zero attached hydrogens (tertiary/aromatic N) is 1. The van der Waals surface area contributed by atoms with Crippen LogP contribution in [0.3, 0.4) is 0 Å². The van der Waals surface area contributed by atoms with E-state index in [0.29, 0.717) is 23.1 Å². The standard InChI is InChI=1S/C24H29NO3/c1-25(2)16-22-19-12-11-17(13-19)15-24(22,27)20-9-6-10-21(14-20)28-23(26)18-7-4-3-5-8-18/h3-10,14,17,19,22,27H,11-13,15-16H2,1-2H3. The number of ether oxygens (including phenoxy) is 1. The zero-order valence-electron chi connectivity index (χ0n) is 16.7. The Morgan fingerprint density at radius 1 is 1.14 bits per heavy atom. The van der Waals surface area contributed by atoms with E-state index in [-0.39, 0.29) is 11.9 Å². The molecule has 4 unspecified atom stereocenters. The van der Waals surface area contributed by atoms with Crippen LogP contribution in [0.1, 0.15) is 41.6 Å². The van der Waals surface area contributed by atoms with Crippen molar-refractivity contribution in [3.8, 4) is 5.75 Å². The number of hydrogen-bond donors (Lipinski definition) is 1. The maximum absolute atomic E-state index is 12.4. The van der Waals surface area contributed by atoms with Crippen molar-refractivity contribution in [2.75, 3.05) is 20.6 Å². The first kappa shape index (κ1) is 19.2. The van der Waals surface area contributed by atoms with E-state index in [1.807, 2.05) is 36.4 Å². The van der Waals surface area contributed by atoms with Crippen LogP contribution >= 0.6 is 0 Å². The first-order valence-corrected chi connectivity index (χ1v) is 10.2. The van der Waals surface area contributed by atoms with E-state index in [9.17, 15) is 9.90 Å². The summed E-state index contributed by atoms with van der Waals surface area (Å²) in [6.07, 6.45) is 4.43. The number of fused-ring (bicyclic) bond motifs is 2. The molecule has 2 aliphatic carbocycles. The molecule has 0 aliphatic heterocycles. The van der Waals surface area contributed by atoms with Crippen LogP contribution < -0.4 is 4.74 Å². The Labute approximate surface area is 167 Å². The summed E-state index contributed by atoms with van der Waals surface area (Å²) in [5.41, 5.74) is 0.519. The van der Waals surface area contributed by atoms with Crippen molar-refractivity contribution in [1.82, 2.24) is 4.90 Å². The molecule has 0 radical (unpaired) electrons. The molecular weight excluding hydrogens is 350 g/mol. The molecule has 0 amide bonds. The van der Waals surface area contributed by atoms with Crippen molar-refractivity contribution in [1.29, 1.82) is 0 Å². The molecule has 2 fully saturated rings. The highest BCUT2D eigenvalue weighted by Crippen LogP contribution is 2.54. The predicted octanol–water partition coefficient (Wildman–Crippen LogP) is 4.09. The molecule has 2 saturated carbocycles. The normalized spacial score (nSPS) is 29.1. The summed E-state index contributed by atoms with van der Waals surface area (Å²) in [7, 11) is 4.14. The lowest BCUT2D eigenvalue weighted by Crippen LogP contribution is -2.47. The van der Waals surface area contributed by atoms with Crippen LogP contribution in [0.4, 0.5) is 0 Å². The highest BCUT2D eigenvalue weighted by molar-refractivity contribution is 5.90. The number of esters is 1. The Hall–Kier alpha value is -2.17. The molecule has 2 aliphatic rings. The largest absolute Gasteiger partial charge is 0.423 e. The lowest BCUT2D eigenvalue weighted by atomic mass is 9.66. The summed E-state index contributed by atoms with van der Waals surface area (Å²) >= 11 is 0. The van der Waals surface area contributed by atoms with Gasteiger partial charge in [-0.15, -0.1) is 0 Å². The van der Waals surface area contributed by atoms with Crippen molar-refractivity contribution in [3.63, 3.8) is 0 Å². The molecule has 0 saturated heterocycles. The molecule has 2 aromatic rings. The van der Waals surface area contributed by atoms with Gasteiger partial charge in [-0.1, -0.05) is 36.8 Å². The van der Waals surface area contributed by atoms with E-state index in [4.69, 9.17) is 4.74 Å². The number of benzene rings is 2. The summed E-state index contributed by atoms with van der Waals surface area (Å²) in [6.45, 7) is 0.863. The highest BCUT2D eigenvalue weighted by Gasteiger charge is 2.51. The van der Waals surface area contributed by atoms with E-state index >= 15 is 0 Å². The fourth-order valence-corrected chi connectivity index (χ4v) is 5.24. The maximum atomic E-state index is 12.4. The molecule has 4 rings (SSSR count). The first-order chi connectivity index (χ1) is 13.5. The smallest absolute Gasteiger partial charge is 0.343 e. The van der Waals surface area contributed by atoms with Gasteiger partial charge in [0.1, 0.15) is 5.75 Å². The Morgan fingerprint density at radius 3 is 2.68 bits per heavy atom. The molecule has 4 atom stereocenters. The van der Waals surface area contributed by atoms with Crippen LogP contribution in [-0.4, -0.2) is 36.6 Å². The van der Waals surface area contributed by atoms with Gasteiger partial charge in [-0.2, -0.15) is 0 Å². The molecule has 28 heavy (non-hydrogen) atoms. The van der Waals surface area contributed by atoms with Gasteiger partial charge in [0.25, 0.3) is 0 Å². The van der Waals surface area contributed by atoms with Crippen LogP contribution in [0, 0.1) is 17.8 Å². The minimum Gasteiger partial charge on any atom is -0.423 e. The zero-order valence-corrected chi connectivity index (χ0v) is 16.7. The average molecular weight is 380 g/mol. The second-order valence-corrected chi connectivity index (χ2v) is 8.72. The summed E-state index contributed by atoms with van der Waals surface area (Å²) in [6, 6.07) is 16.5. The van der Waals surface area contributed by atoms with Gasteiger partial charge in [-0.3, -0.25) is 0 Å². The summed E-state index contributed by atoms with van der Waals surface area (Å²) in [5.74, 6) is 1.45. The van der Waals surface area contributed by atoms with Gasteiger partial charge in [-0.05, 0) is 75.0 Å². The predicted molar refractivity (Wildman–Crippen MR) is 109 cm³/mol. The van der Waals surface area contributed by atoms with Gasteiger partial charge < -0.3 is 14.7 Å². The average Bonchev–Trinajstić information content (AvgIpc) is 3.09. The lowest BCUT2D eigenvalue weighted by molar-refractivity contribution is -0.0892. The monoisotopic (exact) mass is 379 g/mol.